The van der Waals surface area contributed by atoms with Gasteiger partial charge in [-0.2, -0.15) is 0 Å². The van der Waals surface area contributed by atoms with Crippen LogP contribution < -0.4 is 10.6 Å². The molecule has 0 saturated carbocycles. The van der Waals surface area contributed by atoms with E-state index < -0.39 is 0 Å². The number of anilines is 2. The maximum absolute atomic E-state index is 12.2. The molecule has 3 aromatic carbocycles. The predicted octanol–water partition coefficient (Wildman–Crippen LogP) is 6.29. The van der Waals surface area contributed by atoms with Crippen molar-refractivity contribution in [1.29, 1.82) is 0 Å². The fourth-order valence-corrected chi connectivity index (χ4v) is 3.64. The highest BCUT2D eigenvalue weighted by Gasteiger charge is 2.09. The monoisotopic (exact) mass is 430 g/mol. The number of benzene rings is 3. The Morgan fingerprint density at radius 2 is 1.58 bits per heavy atom. The number of urea groups is 1. The van der Waals surface area contributed by atoms with Crippen LogP contribution in [0, 0.1) is 13.8 Å². The molecule has 2 N–H and O–H groups in total. The molecular formula is C24H22N4O2S. The minimum atomic E-state index is -0.275. The maximum Gasteiger partial charge on any atom is 0.323 e. The van der Waals surface area contributed by atoms with E-state index >= 15 is 0 Å². The van der Waals surface area contributed by atoms with Crippen LogP contribution in [0.2, 0.25) is 0 Å². The van der Waals surface area contributed by atoms with Crippen LogP contribution in [-0.2, 0) is 5.75 Å². The van der Waals surface area contributed by atoms with Crippen LogP contribution in [0.15, 0.2) is 82.1 Å². The minimum absolute atomic E-state index is 0.275. The summed E-state index contributed by atoms with van der Waals surface area (Å²) >= 11 is 1.59. The fraction of sp³-hybridized carbons (Fsp3) is 0.125. The summed E-state index contributed by atoms with van der Waals surface area (Å²) in [5, 5.41) is 13.9. The van der Waals surface area contributed by atoms with Crippen LogP contribution in [0.1, 0.15) is 17.0 Å². The second kappa shape index (κ2) is 9.49. The first-order chi connectivity index (χ1) is 15.1. The Morgan fingerprint density at radius 3 is 2.32 bits per heavy atom. The van der Waals surface area contributed by atoms with E-state index in [0.29, 0.717) is 17.5 Å². The number of amides is 2. The number of hydrogen-bond donors (Lipinski definition) is 2. The highest BCUT2D eigenvalue weighted by atomic mass is 32.2. The average molecular weight is 431 g/mol. The number of thioether (sulfide) groups is 1. The zero-order valence-corrected chi connectivity index (χ0v) is 18.1. The Hall–Kier alpha value is -3.58. The summed E-state index contributed by atoms with van der Waals surface area (Å²) in [5.74, 6) is 1.66. The predicted molar refractivity (Wildman–Crippen MR) is 124 cm³/mol. The Balaban J connectivity index is 1.29. The minimum Gasteiger partial charge on any atom is -0.420 e. The molecule has 0 radical (unpaired) electrons. The van der Waals surface area contributed by atoms with Crippen LogP contribution in [0.25, 0.3) is 11.5 Å². The zero-order valence-electron chi connectivity index (χ0n) is 17.3. The quantitative estimate of drug-likeness (QED) is 0.351. The molecule has 0 aliphatic rings. The summed E-state index contributed by atoms with van der Waals surface area (Å²) in [7, 11) is 0. The highest BCUT2D eigenvalue weighted by Crippen LogP contribution is 2.25. The van der Waals surface area contributed by atoms with Gasteiger partial charge in [0.1, 0.15) is 0 Å². The van der Waals surface area contributed by atoms with Crippen LogP contribution in [0.4, 0.5) is 16.2 Å². The third kappa shape index (κ3) is 5.52. The van der Waals surface area contributed by atoms with E-state index in [9.17, 15) is 4.79 Å². The number of hydrogen-bond acceptors (Lipinski definition) is 5. The van der Waals surface area contributed by atoms with Crippen LogP contribution in [0.5, 0.6) is 0 Å². The summed E-state index contributed by atoms with van der Waals surface area (Å²) in [4.78, 5) is 13.3. The summed E-state index contributed by atoms with van der Waals surface area (Å²) in [6.07, 6.45) is 0. The van der Waals surface area contributed by atoms with Gasteiger partial charge in [0.2, 0.25) is 11.8 Å². The first-order valence-corrected chi connectivity index (χ1v) is 10.8. The SMILES string of the molecule is Cc1ccc(NC(=O)Nc2ccc(SCc3nnc(-c4ccccc4)o3)cc2)cc1C. The molecule has 0 aliphatic heterocycles. The lowest BCUT2D eigenvalue weighted by atomic mass is 10.1. The molecule has 0 saturated heterocycles. The summed E-state index contributed by atoms with van der Waals surface area (Å²) in [6, 6.07) is 22.9. The highest BCUT2D eigenvalue weighted by molar-refractivity contribution is 7.98. The van der Waals surface area contributed by atoms with E-state index in [2.05, 4.69) is 20.8 Å². The van der Waals surface area contributed by atoms with Crippen molar-refractivity contribution in [3.8, 4) is 11.5 Å². The molecule has 7 heteroatoms. The van der Waals surface area contributed by atoms with E-state index in [-0.39, 0.29) is 6.03 Å². The zero-order chi connectivity index (χ0) is 21.6. The van der Waals surface area contributed by atoms with Gasteiger partial charge in [-0.3, -0.25) is 0 Å². The number of aryl methyl sites for hydroxylation is 2. The Morgan fingerprint density at radius 1 is 0.871 bits per heavy atom. The third-order valence-corrected chi connectivity index (χ3v) is 5.72. The summed E-state index contributed by atoms with van der Waals surface area (Å²) < 4.78 is 5.73. The number of nitrogens with one attached hydrogen (secondary N) is 2. The molecule has 0 atom stereocenters. The molecule has 2 amide bonds. The molecule has 1 aromatic heterocycles. The largest absolute Gasteiger partial charge is 0.420 e. The van der Waals surface area contributed by atoms with Gasteiger partial charge in [0.05, 0.1) is 5.75 Å². The number of rotatable bonds is 6. The molecule has 6 nitrogen and oxygen atoms in total. The molecular weight excluding hydrogens is 408 g/mol. The van der Waals surface area contributed by atoms with Crippen molar-refractivity contribution in [2.45, 2.75) is 24.5 Å². The van der Waals surface area contributed by atoms with Crippen molar-refractivity contribution in [3.63, 3.8) is 0 Å². The van der Waals surface area contributed by atoms with E-state index in [1.807, 2.05) is 86.6 Å². The van der Waals surface area contributed by atoms with Gasteiger partial charge in [0, 0.05) is 21.8 Å². The van der Waals surface area contributed by atoms with Crippen molar-refractivity contribution >= 4 is 29.2 Å². The smallest absolute Gasteiger partial charge is 0.323 e. The van der Waals surface area contributed by atoms with Crippen molar-refractivity contribution in [2.24, 2.45) is 0 Å². The van der Waals surface area contributed by atoms with Crippen LogP contribution in [0.3, 0.4) is 0 Å². The van der Waals surface area contributed by atoms with Gasteiger partial charge in [0.25, 0.3) is 0 Å². The summed E-state index contributed by atoms with van der Waals surface area (Å²) in [5.41, 5.74) is 4.71. The molecule has 4 aromatic rings. The molecule has 0 aliphatic carbocycles. The average Bonchev–Trinajstić information content (AvgIpc) is 3.26. The molecule has 156 valence electrons. The Kier molecular flexibility index (Phi) is 6.33. The van der Waals surface area contributed by atoms with Crippen LogP contribution in [-0.4, -0.2) is 16.2 Å². The van der Waals surface area contributed by atoms with E-state index in [1.165, 1.54) is 5.56 Å². The van der Waals surface area contributed by atoms with Crippen molar-refractivity contribution in [1.82, 2.24) is 10.2 Å². The third-order valence-electron chi connectivity index (χ3n) is 4.73. The van der Waals surface area contributed by atoms with Gasteiger partial charge < -0.3 is 15.1 Å². The molecule has 0 bridgehead atoms. The lowest BCUT2D eigenvalue weighted by molar-refractivity contribution is 0.262. The fourth-order valence-electron chi connectivity index (χ4n) is 2.90. The topological polar surface area (TPSA) is 80.0 Å². The summed E-state index contributed by atoms with van der Waals surface area (Å²) in [6.45, 7) is 4.06. The standard InChI is InChI=1S/C24H22N4O2S/c1-16-8-9-20(14-17(16)2)26-24(29)25-19-10-12-21(13-11-19)31-15-22-27-28-23(30-22)18-6-4-3-5-7-18/h3-14H,15H2,1-2H3,(H2,25,26,29). The number of carbonyl (C=O) groups is 1. The molecule has 31 heavy (non-hydrogen) atoms. The van der Waals surface area contributed by atoms with Crippen molar-refractivity contribution in [2.75, 3.05) is 10.6 Å². The number of nitrogens with zero attached hydrogens (tertiary/aromatic N) is 2. The van der Waals surface area contributed by atoms with E-state index in [1.54, 1.807) is 11.8 Å². The van der Waals surface area contributed by atoms with Crippen molar-refractivity contribution < 1.29 is 9.21 Å². The van der Waals surface area contributed by atoms with Gasteiger partial charge in [-0.25, -0.2) is 4.79 Å². The number of aromatic nitrogens is 2. The first kappa shape index (κ1) is 20.7. The maximum atomic E-state index is 12.2. The Labute approximate surface area is 185 Å². The van der Waals surface area contributed by atoms with Gasteiger partial charge in [-0.05, 0) is 73.5 Å². The second-order valence-electron chi connectivity index (χ2n) is 7.06. The van der Waals surface area contributed by atoms with Crippen LogP contribution >= 0.6 is 11.8 Å². The van der Waals surface area contributed by atoms with E-state index in [0.717, 1.165) is 27.4 Å². The van der Waals surface area contributed by atoms with E-state index in [4.69, 9.17) is 4.42 Å². The molecule has 0 fully saturated rings. The lowest BCUT2D eigenvalue weighted by Crippen LogP contribution is -2.19. The first-order valence-electron chi connectivity index (χ1n) is 9.83. The van der Waals surface area contributed by atoms with Crippen molar-refractivity contribution in [3.05, 3.63) is 89.8 Å². The lowest BCUT2D eigenvalue weighted by Gasteiger charge is -2.09. The van der Waals surface area contributed by atoms with Gasteiger partial charge in [0.15, 0.2) is 0 Å². The van der Waals surface area contributed by atoms with Gasteiger partial charge in [-0.1, -0.05) is 24.3 Å². The molecule has 0 spiro atoms. The second-order valence-corrected chi connectivity index (χ2v) is 8.11. The van der Waals surface area contributed by atoms with Gasteiger partial charge >= 0.3 is 6.03 Å². The number of carbonyl (C=O) groups excluding carboxylic acids is 1. The Bertz CT molecular complexity index is 1170. The molecule has 4 rings (SSSR count). The van der Waals surface area contributed by atoms with Gasteiger partial charge in [-0.15, -0.1) is 22.0 Å². The normalized spacial score (nSPS) is 10.6. The molecule has 0 unspecified atom stereocenters. The molecule has 1 heterocycles.